The van der Waals surface area contributed by atoms with E-state index in [9.17, 15) is 4.79 Å². The second-order valence-electron chi connectivity index (χ2n) is 3.96. The summed E-state index contributed by atoms with van der Waals surface area (Å²) in [5.74, 6) is -0.391. The van der Waals surface area contributed by atoms with Crippen LogP contribution in [-0.4, -0.2) is 16.2 Å². The number of carboxylic acids is 1. The molecule has 5 heteroatoms. The Bertz CT molecular complexity index is 593. The van der Waals surface area contributed by atoms with Crippen molar-refractivity contribution in [1.29, 1.82) is 0 Å². The smallest absolute Gasteiger partial charge is 0.339 e. The van der Waals surface area contributed by atoms with E-state index in [4.69, 9.17) is 20.7 Å². The fraction of sp³-hybridized carbons (Fsp3) is 0.0714. The SMILES string of the molecule is Nc1ccc(Oc2ccc(CO)cc2)c(C(=O)O)c1. The Hall–Kier alpha value is -2.53. The van der Waals surface area contributed by atoms with Gasteiger partial charge in [0.05, 0.1) is 6.61 Å². The molecule has 0 unspecified atom stereocenters. The van der Waals surface area contributed by atoms with Crippen LogP contribution in [-0.2, 0) is 6.61 Å². The number of ether oxygens (including phenoxy) is 1. The second kappa shape index (κ2) is 5.41. The highest BCUT2D eigenvalue weighted by molar-refractivity contribution is 5.92. The van der Waals surface area contributed by atoms with Crippen LogP contribution in [0.5, 0.6) is 11.5 Å². The molecule has 0 amide bonds. The lowest BCUT2D eigenvalue weighted by molar-refractivity contribution is 0.0694. The van der Waals surface area contributed by atoms with Crippen molar-refractivity contribution in [3.05, 3.63) is 53.6 Å². The normalized spacial score (nSPS) is 10.2. The number of anilines is 1. The first-order chi connectivity index (χ1) is 9.10. The summed E-state index contributed by atoms with van der Waals surface area (Å²) in [4.78, 5) is 11.1. The van der Waals surface area contributed by atoms with Gasteiger partial charge in [0, 0.05) is 5.69 Å². The second-order valence-corrected chi connectivity index (χ2v) is 3.96. The standard InChI is InChI=1S/C14H13NO4/c15-10-3-6-13(12(7-10)14(17)18)19-11-4-1-9(8-16)2-5-11/h1-7,16H,8,15H2,(H,17,18). The molecule has 5 nitrogen and oxygen atoms in total. The van der Waals surface area contributed by atoms with Crippen LogP contribution < -0.4 is 10.5 Å². The zero-order valence-electron chi connectivity index (χ0n) is 10.0. The van der Waals surface area contributed by atoms with Crippen molar-refractivity contribution < 1.29 is 19.7 Å². The molecule has 0 bridgehead atoms. The van der Waals surface area contributed by atoms with E-state index >= 15 is 0 Å². The molecule has 2 aromatic carbocycles. The number of hydrogen-bond donors (Lipinski definition) is 3. The molecule has 0 aromatic heterocycles. The van der Waals surface area contributed by atoms with Gasteiger partial charge in [-0.05, 0) is 35.9 Å². The minimum Gasteiger partial charge on any atom is -0.478 e. The minimum atomic E-state index is -1.10. The van der Waals surface area contributed by atoms with Gasteiger partial charge in [0.2, 0.25) is 0 Å². The molecular formula is C14H13NO4. The van der Waals surface area contributed by atoms with Gasteiger partial charge in [0.25, 0.3) is 0 Å². The number of rotatable bonds is 4. The van der Waals surface area contributed by atoms with Crippen LogP contribution >= 0.6 is 0 Å². The molecule has 2 rings (SSSR count). The number of aliphatic hydroxyl groups excluding tert-OH is 1. The van der Waals surface area contributed by atoms with E-state index in [0.29, 0.717) is 11.4 Å². The first kappa shape index (κ1) is 12.9. The Morgan fingerprint density at radius 2 is 1.84 bits per heavy atom. The highest BCUT2D eigenvalue weighted by atomic mass is 16.5. The highest BCUT2D eigenvalue weighted by Gasteiger charge is 2.12. The zero-order chi connectivity index (χ0) is 13.8. The summed E-state index contributed by atoms with van der Waals surface area (Å²) in [6.45, 7) is -0.0530. The first-order valence-electron chi connectivity index (χ1n) is 5.60. The van der Waals surface area contributed by atoms with Crippen molar-refractivity contribution >= 4 is 11.7 Å². The third kappa shape index (κ3) is 3.02. The largest absolute Gasteiger partial charge is 0.478 e. The zero-order valence-corrected chi connectivity index (χ0v) is 10.0. The molecule has 2 aromatic rings. The monoisotopic (exact) mass is 259 g/mol. The van der Waals surface area contributed by atoms with Crippen molar-refractivity contribution in [2.45, 2.75) is 6.61 Å². The number of carbonyl (C=O) groups is 1. The molecule has 0 saturated heterocycles. The maximum absolute atomic E-state index is 11.1. The van der Waals surface area contributed by atoms with E-state index in [0.717, 1.165) is 5.56 Å². The van der Waals surface area contributed by atoms with Crippen LogP contribution in [0.15, 0.2) is 42.5 Å². The molecule has 0 aliphatic rings. The van der Waals surface area contributed by atoms with Gasteiger partial charge in [-0.1, -0.05) is 12.1 Å². The molecule has 0 spiro atoms. The summed E-state index contributed by atoms with van der Waals surface area (Å²) in [6.07, 6.45) is 0. The van der Waals surface area contributed by atoms with E-state index in [-0.39, 0.29) is 17.9 Å². The molecular weight excluding hydrogens is 246 g/mol. The molecule has 4 N–H and O–H groups in total. The number of hydrogen-bond acceptors (Lipinski definition) is 4. The predicted molar refractivity (Wildman–Crippen MR) is 70.3 cm³/mol. The average Bonchev–Trinajstić information content (AvgIpc) is 2.41. The van der Waals surface area contributed by atoms with Gasteiger partial charge in [-0.3, -0.25) is 0 Å². The molecule has 0 aliphatic carbocycles. The first-order valence-corrected chi connectivity index (χ1v) is 5.60. The van der Waals surface area contributed by atoms with Crippen LogP contribution in [0.4, 0.5) is 5.69 Å². The fourth-order valence-electron chi connectivity index (χ4n) is 1.59. The Morgan fingerprint density at radius 1 is 1.16 bits per heavy atom. The van der Waals surface area contributed by atoms with Gasteiger partial charge >= 0.3 is 5.97 Å². The lowest BCUT2D eigenvalue weighted by Crippen LogP contribution is -2.01. The van der Waals surface area contributed by atoms with Crippen molar-refractivity contribution in [1.82, 2.24) is 0 Å². The Kier molecular flexibility index (Phi) is 3.68. The molecule has 0 fully saturated rings. The average molecular weight is 259 g/mol. The van der Waals surface area contributed by atoms with Gasteiger partial charge in [-0.25, -0.2) is 4.79 Å². The molecule has 0 radical (unpaired) electrons. The number of benzene rings is 2. The third-order valence-corrected chi connectivity index (χ3v) is 2.57. The number of nitrogens with two attached hydrogens (primary N) is 1. The molecule has 0 aliphatic heterocycles. The van der Waals surface area contributed by atoms with Crippen molar-refractivity contribution in [2.75, 3.05) is 5.73 Å². The Balaban J connectivity index is 2.29. The topological polar surface area (TPSA) is 92.8 Å². The van der Waals surface area contributed by atoms with E-state index in [2.05, 4.69) is 0 Å². The molecule has 0 heterocycles. The number of nitrogen functional groups attached to an aromatic ring is 1. The van der Waals surface area contributed by atoms with E-state index in [1.807, 2.05) is 0 Å². The Morgan fingerprint density at radius 3 is 2.42 bits per heavy atom. The Labute approximate surface area is 109 Å². The third-order valence-electron chi connectivity index (χ3n) is 2.57. The molecule has 98 valence electrons. The van der Waals surface area contributed by atoms with Crippen LogP contribution in [0, 0.1) is 0 Å². The molecule has 19 heavy (non-hydrogen) atoms. The molecule has 0 atom stereocenters. The number of aliphatic hydroxyl groups is 1. The highest BCUT2D eigenvalue weighted by Crippen LogP contribution is 2.27. The predicted octanol–water partition coefficient (Wildman–Crippen LogP) is 2.25. The summed E-state index contributed by atoms with van der Waals surface area (Å²) < 4.78 is 5.51. The van der Waals surface area contributed by atoms with E-state index in [1.165, 1.54) is 12.1 Å². The van der Waals surface area contributed by atoms with Gasteiger partial charge in [0.15, 0.2) is 0 Å². The van der Waals surface area contributed by atoms with E-state index in [1.54, 1.807) is 30.3 Å². The number of carboxylic acid groups (broad SMARTS) is 1. The van der Waals surface area contributed by atoms with Gasteiger partial charge in [-0.15, -0.1) is 0 Å². The van der Waals surface area contributed by atoms with Crippen molar-refractivity contribution in [3.63, 3.8) is 0 Å². The minimum absolute atomic E-state index is 0.00577. The van der Waals surface area contributed by atoms with Crippen LogP contribution in [0.2, 0.25) is 0 Å². The van der Waals surface area contributed by atoms with Crippen LogP contribution in [0.25, 0.3) is 0 Å². The summed E-state index contributed by atoms with van der Waals surface area (Å²) in [6, 6.07) is 11.2. The van der Waals surface area contributed by atoms with Crippen LogP contribution in [0.3, 0.4) is 0 Å². The lowest BCUT2D eigenvalue weighted by Gasteiger charge is -2.09. The quantitative estimate of drug-likeness (QED) is 0.732. The van der Waals surface area contributed by atoms with Crippen LogP contribution in [0.1, 0.15) is 15.9 Å². The lowest BCUT2D eigenvalue weighted by atomic mass is 10.1. The van der Waals surface area contributed by atoms with Gasteiger partial charge < -0.3 is 20.7 Å². The maximum Gasteiger partial charge on any atom is 0.339 e. The summed E-state index contributed by atoms with van der Waals surface area (Å²) in [5, 5.41) is 18.0. The maximum atomic E-state index is 11.1. The molecule has 0 saturated carbocycles. The fourth-order valence-corrected chi connectivity index (χ4v) is 1.59. The van der Waals surface area contributed by atoms with E-state index < -0.39 is 5.97 Å². The van der Waals surface area contributed by atoms with Gasteiger partial charge in [-0.2, -0.15) is 0 Å². The summed E-state index contributed by atoms with van der Waals surface area (Å²) >= 11 is 0. The summed E-state index contributed by atoms with van der Waals surface area (Å²) in [7, 11) is 0. The summed E-state index contributed by atoms with van der Waals surface area (Å²) in [5.41, 5.74) is 6.67. The van der Waals surface area contributed by atoms with Crippen molar-refractivity contribution in [2.24, 2.45) is 0 Å². The number of aromatic carboxylic acids is 1. The van der Waals surface area contributed by atoms with Gasteiger partial charge in [0.1, 0.15) is 17.1 Å². The van der Waals surface area contributed by atoms with Crippen molar-refractivity contribution in [3.8, 4) is 11.5 Å².